The van der Waals surface area contributed by atoms with Crippen LogP contribution in [0, 0.1) is 0 Å². The van der Waals surface area contributed by atoms with Gasteiger partial charge in [-0.3, -0.25) is 0 Å². The lowest BCUT2D eigenvalue weighted by atomic mass is 10.2. The third-order valence-corrected chi connectivity index (χ3v) is 4.95. The van der Waals surface area contributed by atoms with Gasteiger partial charge in [-0.25, -0.2) is 13.1 Å². The monoisotopic (exact) mass is 333 g/mol. The molecule has 0 saturated heterocycles. The van der Waals surface area contributed by atoms with Crippen LogP contribution in [0.5, 0.6) is 5.75 Å². The fraction of sp³-hybridized carbons (Fsp3) is 0.571. The minimum absolute atomic E-state index is 0.152. The molecule has 21 heavy (non-hydrogen) atoms. The Kier molecular flexibility index (Phi) is 8.10. The van der Waals surface area contributed by atoms with E-state index in [0.29, 0.717) is 24.5 Å². The summed E-state index contributed by atoms with van der Waals surface area (Å²) in [6.45, 7) is 2.67. The summed E-state index contributed by atoms with van der Waals surface area (Å²) in [6, 6.07) is 4.56. The number of hydrogen-bond acceptors (Lipinski definition) is 5. The normalized spacial score (nSPS) is 11.6. The van der Waals surface area contributed by atoms with Gasteiger partial charge in [-0.2, -0.15) is 11.8 Å². The Bertz CT molecular complexity index is 532. The highest BCUT2D eigenvalue weighted by molar-refractivity contribution is 7.98. The van der Waals surface area contributed by atoms with Crippen LogP contribution in [0.4, 0.5) is 0 Å². The molecule has 0 fully saturated rings. The zero-order valence-electron chi connectivity index (χ0n) is 12.5. The topological polar surface area (TPSA) is 75.6 Å². The molecular formula is C14H23NO4S2. The van der Waals surface area contributed by atoms with Gasteiger partial charge in [-0.15, -0.1) is 0 Å². The summed E-state index contributed by atoms with van der Waals surface area (Å²) in [6.07, 6.45) is 3.61. The first-order valence-electron chi connectivity index (χ1n) is 6.90. The molecule has 0 amide bonds. The predicted octanol–water partition coefficient (Wildman–Crippen LogP) is 2.00. The number of hydrogen-bond donors (Lipinski definition) is 2. The van der Waals surface area contributed by atoms with Gasteiger partial charge in [0.15, 0.2) is 0 Å². The second kappa shape index (κ2) is 9.30. The fourth-order valence-electron chi connectivity index (χ4n) is 1.71. The summed E-state index contributed by atoms with van der Waals surface area (Å²) in [5.41, 5.74) is 0.482. The highest BCUT2D eigenvalue weighted by atomic mass is 32.2. The van der Waals surface area contributed by atoms with Crippen LogP contribution in [0.2, 0.25) is 0 Å². The van der Waals surface area contributed by atoms with Gasteiger partial charge in [0.2, 0.25) is 10.0 Å². The van der Waals surface area contributed by atoms with Crippen LogP contribution in [0.15, 0.2) is 23.1 Å². The van der Waals surface area contributed by atoms with Crippen molar-refractivity contribution in [2.75, 3.05) is 25.2 Å². The van der Waals surface area contributed by atoms with Crippen molar-refractivity contribution in [3.05, 3.63) is 23.8 Å². The van der Waals surface area contributed by atoms with Crippen LogP contribution in [0.25, 0.3) is 0 Å². The summed E-state index contributed by atoms with van der Waals surface area (Å²) < 4.78 is 32.3. The Hall–Kier alpha value is -0.760. The molecule has 0 aliphatic heterocycles. The Morgan fingerprint density at radius 3 is 2.76 bits per heavy atom. The van der Waals surface area contributed by atoms with E-state index in [1.54, 1.807) is 17.8 Å². The second-order valence-corrected chi connectivity index (χ2v) is 7.27. The van der Waals surface area contributed by atoms with Gasteiger partial charge in [-0.1, -0.05) is 6.92 Å². The van der Waals surface area contributed by atoms with Gasteiger partial charge in [0.05, 0.1) is 18.1 Å². The Labute approximate surface area is 131 Å². The minimum Gasteiger partial charge on any atom is -0.493 e. The zero-order chi connectivity index (χ0) is 15.7. The Morgan fingerprint density at radius 1 is 1.38 bits per heavy atom. The van der Waals surface area contributed by atoms with Crippen molar-refractivity contribution < 1.29 is 18.3 Å². The van der Waals surface area contributed by atoms with Gasteiger partial charge in [0, 0.05) is 12.1 Å². The van der Waals surface area contributed by atoms with Crippen molar-refractivity contribution in [3.63, 3.8) is 0 Å². The van der Waals surface area contributed by atoms with Gasteiger partial charge in [-0.05, 0) is 43.0 Å². The summed E-state index contributed by atoms with van der Waals surface area (Å²) in [4.78, 5) is 0.152. The minimum atomic E-state index is -3.54. The molecule has 0 saturated carbocycles. The van der Waals surface area contributed by atoms with Gasteiger partial charge in [0.1, 0.15) is 5.75 Å². The van der Waals surface area contributed by atoms with Crippen LogP contribution in [0.1, 0.15) is 25.3 Å². The van der Waals surface area contributed by atoms with Gasteiger partial charge < -0.3 is 9.84 Å². The van der Waals surface area contributed by atoms with Crippen LogP contribution < -0.4 is 9.46 Å². The lowest BCUT2D eigenvalue weighted by Gasteiger charge is -2.12. The molecule has 0 heterocycles. The molecule has 0 atom stereocenters. The predicted molar refractivity (Wildman–Crippen MR) is 86.3 cm³/mol. The summed E-state index contributed by atoms with van der Waals surface area (Å²) in [7, 11) is -3.54. The van der Waals surface area contributed by atoms with Crippen LogP contribution >= 0.6 is 11.8 Å². The Morgan fingerprint density at radius 2 is 2.14 bits per heavy atom. The van der Waals surface area contributed by atoms with E-state index in [2.05, 4.69) is 4.72 Å². The first-order valence-corrected chi connectivity index (χ1v) is 9.78. The van der Waals surface area contributed by atoms with E-state index in [1.165, 1.54) is 12.1 Å². The molecule has 0 aliphatic carbocycles. The average molecular weight is 333 g/mol. The van der Waals surface area contributed by atoms with E-state index in [1.807, 2.05) is 13.2 Å². The van der Waals surface area contributed by atoms with Crippen LogP contribution in [-0.2, 0) is 16.6 Å². The second-order valence-electron chi connectivity index (χ2n) is 4.52. The number of thioether (sulfide) groups is 1. The summed E-state index contributed by atoms with van der Waals surface area (Å²) >= 11 is 1.68. The fourth-order valence-corrected chi connectivity index (χ4v) is 3.26. The van der Waals surface area contributed by atoms with Gasteiger partial charge >= 0.3 is 0 Å². The quantitative estimate of drug-likeness (QED) is 0.641. The number of ether oxygens (including phenoxy) is 1. The summed E-state index contributed by atoms with van der Waals surface area (Å²) in [5.74, 6) is 1.44. The van der Waals surface area contributed by atoms with E-state index in [-0.39, 0.29) is 11.5 Å². The van der Waals surface area contributed by atoms with E-state index in [9.17, 15) is 13.5 Å². The SMILES string of the molecule is CCCOc1ccc(S(=O)(=O)NCCCSC)cc1CO. The molecule has 2 N–H and O–H groups in total. The number of aliphatic hydroxyl groups is 1. The smallest absolute Gasteiger partial charge is 0.240 e. The standard InChI is InChI=1S/C14H23NO4S2/c1-3-8-19-14-6-5-13(10-12(14)11-16)21(17,18)15-7-4-9-20-2/h5-6,10,15-16H,3-4,7-9,11H2,1-2H3. The van der Waals surface area contributed by atoms with E-state index >= 15 is 0 Å². The molecule has 0 aromatic heterocycles. The molecule has 1 aromatic carbocycles. The third kappa shape index (κ3) is 5.86. The molecule has 1 rings (SSSR count). The molecule has 5 nitrogen and oxygen atoms in total. The van der Waals surface area contributed by atoms with Gasteiger partial charge in [0.25, 0.3) is 0 Å². The zero-order valence-corrected chi connectivity index (χ0v) is 14.1. The number of sulfonamides is 1. The molecule has 0 spiro atoms. The molecule has 0 unspecified atom stereocenters. The molecular weight excluding hydrogens is 310 g/mol. The van der Waals surface area contributed by atoms with Crippen molar-refractivity contribution in [1.82, 2.24) is 4.72 Å². The van der Waals surface area contributed by atoms with Crippen molar-refractivity contribution in [3.8, 4) is 5.75 Å². The van der Waals surface area contributed by atoms with Crippen molar-refractivity contribution in [1.29, 1.82) is 0 Å². The van der Waals surface area contributed by atoms with Crippen LogP contribution in [-0.4, -0.2) is 38.7 Å². The highest BCUT2D eigenvalue weighted by Gasteiger charge is 2.15. The molecule has 120 valence electrons. The maximum Gasteiger partial charge on any atom is 0.240 e. The first-order chi connectivity index (χ1) is 10.0. The molecule has 0 bridgehead atoms. The maximum atomic E-state index is 12.1. The molecule has 0 radical (unpaired) electrons. The van der Waals surface area contributed by atoms with E-state index in [4.69, 9.17) is 4.74 Å². The molecule has 7 heteroatoms. The number of rotatable bonds is 10. The number of aliphatic hydroxyl groups excluding tert-OH is 1. The first kappa shape index (κ1) is 18.3. The largest absolute Gasteiger partial charge is 0.493 e. The number of benzene rings is 1. The van der Waals surface area contributed by atoms with Crippen LogP contribution in [0.3, 0.4) is 0 Å². The molecule has 1 aromatic rings. The molecule has 0 aliphatic rings. The maximum absolute atomic E-state index is 12.1. The summed E-state index contributed by atoms with van der Waals surface area (Å²) in [5, 5.41) is 9.36. The highest BCUT2D eigenvalue weighted by Crippen LogP contribution is 2.23. The van der Waals surface area contributed by atoms with Crippen molar-refractivity contribution >= 4 is 21.8 Å². The average Bonchev–Trinajstić information content (AvgIpc) is 2.49. The van der Waals surface area contributed by atoms with Crippen molar-refractivity contribution in [2.45, 2.75) is 31.3 Å². The Balaban J connectivity index is 2.82. The lowest BCUT2D eigenvalue weighted by Crippen LogP contribution is -2.25. The van der Waals surface area contributed by atoms with Crippen molar-refractivity contribution in [2.24, 2.45) is 0 Å². The number of nitrogens with one attached hydrogen (secondary N) is 1. The lowest BCUT2D eigenvalue weighted by molar-refractivity contribution is 0.262. The van der Waals surface area contributed by atoms with E-state index in [0.717, 1.165) is 18.6 Å². The third-order valence-electron chi connectivity index (χ3n) is 2.79. The van der Waals surface area contributed by atoms with E-state index < -0.39 is 10.0 Å².